The first-order valence-corrected chi connectivity index (χ1v) is 7.68. The predicted octanol–water partition coefficient (Wildman–Crippen LogP) is 3.44. The number of benzene rings is 1. The first kappa shape index (κ1) is 14.5. The fourth-order valence-electron chi connectivity index (χ4n) is 3.03. The monoisotopic (exact) mass is 260 g/mol. The summed E-state index contributed by atoms with van der Waals surface area (Å²) in [5.41, 5.74) is 7.83. The van der Waals surface area contributed by atoms with E-state index < -0.39 is 0 Å². The van der Waals surface area contributed by atoms with Gasteiger partial charge < -0.3 is 5.73 Å². The Balaban J connectivity index is 2.13. The molecule has 0 spiro atoms. The highest BCUT2D eigenvalue weighted by atomic mass is 15.2. The zero-order valence-corrected chi connectivity index (χ0v) is 12.5. The molecule has 2 rings (SSSR count). The molecule has 1 aliphatic rings. The van der Waals surface area contributed by atoms with Gasteiger partial charge in [0.25, 0.3) is 0 Å². The maximum atomic E-state index is 6.57. The molecule has 0 aliphatic heterocycles. The topological polar surface area (TPSA) is 29.3 Å². The Morgan fingerprint density at radius 1 is 1.21 bits per heavy atom. The highest BCUT2D eigenvalue weighted by Crippen LogP contribution is 2.33. The van der Waals surface area contributed by atoms with Crippen molar-refractivity contribution in [1.29, 1.82) is 0 Å². The van der Waals surface area contributed by atoms with Crippen LogP contribution in [-0.2, 0) is 0 Å². The smallest absolute Gasteiger partial charge is 0.0455 e. The molecule has 1 aromatic rings. The zero-order chi connectivity index (χ0) is 13.8. The van der Waals surface area contributed by atoms with Crippen LogP contribution >= 0.6 is 0 Å². The van der Waals surface area contributed by atoms with Crippen LogP contribution in [0.4, 0.5) is 0 Å². The van der Waals surface area contributed by atoms with E-state index in [2.05, 4.69) is 56.0 Å². The summed E-state index contributed by atoms with van der Waals surface area (Å²) in [4.78, 5) is 2.60. The first-order chi connectivity index (χ1) is 9.13. The molecule has 2 unspecified atom stereocenters. The normalized spacial score (nSPS) is 18.8. The fourth-order valence-corrected chi connectivity index (χ4v) is 3.03. The van der Waals surface area contributed by atoms with Gasteiger partial charge in [0.2, 0.25) is 0 Å². The molecule has 0 aromatic heterocycles. The van der Waals surface area contributed by atoms with E-state index in [1.54, 1.807) is 0 Å². The molecule has 1 aromatic carbocycles. The Bertz CT molecular complexity index is 370. The Kier molecular flexibility index (Phi) is 5.00. The summed E-state index contributed by atoms with van der Waals surface area (Å²) in [5.74, 6) is 1.50. The van der Waals surface area contributed by atoms with Gasteiger partial charge in [0.1, 0.15) is 0 Å². The Morgan fingerprint density at radius 2 is 1.84 bits per heavy atom. The molecule has 1 aliphatic carbocycles. The molecule has 1 saturated carbocycles. The molecule has 2 nitrogen and oxygen atoms in total. The summed E-state index contributed by atoms with van der Waals surface area (Å²) in [5, 5.41) is 0. The quantitative estimate of drug-likeness (QED) is 0.813. The van der Waals surface area contributed by atoms with Crippen LogP contribution in [0.25, 0.3) is 0 Å². The molecule has 0 saturated heterocycles. The zero-order valence-electron chi connectivity index (χ0n) is 12.5. The van der Waals surface area contributed by atoms with Gasteiger partial charge in [-0.3, -0.25) is 4.90 Å². The molecule has 2 N–H and O–H groups in total. The van der Waals surface area contributed by atoms with Crippen molar-refractivity contribution in [3.8, 4) is 0 Å². The molecule has 1 fully saturated rings. The molecule has 2 atom stereocenters. The third kappa shape index (κ3) is 3.80. The van der Waals surface area contributed by atoms with E-state index in [4.69, 9.17) is 5.73 Å². The van der Waals surface area contributed by atoms with E-state index in [-0.39, 0.29) is 6.04 Å². The van der Waals surface area contributed by atoms with Crippen molar-refractivity contribution in [2.75, 3.05) is 13.1 Å². The summed E-state index contributed by atoms with van der Waals surface area (Å²) < 4.78 is 0. The van der Waals surface area contributed by atoms with E-state index in [1.807, 2.05) is 0 Å². The third-order valence-electron chi connectivity index (χ3n) is 4.25. The molecule has 0 heterocycles. The third-order valence-corrected chi connectivity index (χ3v) is 4.25. The minimum atomic E-state index is 0.111. The summed E-state index contributed by atoms with van der Waals surface area (Å²) in [6.07, 6.45) is 2.81. The molecule has 0 amide bonds. The maximum absolute atomic E-state index is 6.57. The van der Waals surface area contributed by atoms with Crippen LogP contribution in [-0.4, -0.2) is 24.0 Å². The van der Waals surface area contributed by atoms with Crippen molar-refractivity contribution in [3.63, 3.8) is 0 Å². The lowest BCUT2D eigenvalue weighted by atomic mass is 9.90. The van der Waals surface area contributed by atoms with Gasteiger partial charge in [-0.2, -0.15) is 0 Å². The van der Waals surface area contributed by atoms with Crippen LogP contribution in [0, 0.1) is 11.8 Å². The Morgan fingerprint density at radius 3 is 2.32 bits per heavy atom. The lowest BCUT2D eigenvalue weighted by Gasteiger charge is -2.38. The van der Waals surface area contributed by atoms with Crippen LogP contribution in [0.15, 0.2) is 30.3 Å². The highest BCUT2D eigenvalue weighted by molar-refractivity contribution is 5.20. The molecule has 19 heavy (non-hydrogen) atoms. The van der Waals surface area contributed by atoms with Gasteiger partial charge in [-0.25, -0.2) is 0 Å². The van der Waals surface area contributed by atoms with Crippen LogP contribution in [0.5, 0.6) is 0 Å². The van der Waals surface area contributed by atoms with Crippen molar-refractivity contribution in [2.24, 2.45) is 17.6 Å². The average Bonchev–Trinajstić information content (AvgIpc) is 3.22. The van der Waals surface area contributed by atoms with Crippen molar-refractivity contribution in [2.45, 2.75) is 45.7 Å². The Labute approximate surface area is 118 Å². The summed E-state index contributed by atoms with van der Waals surface area (Å²) >= 11 is 0. The number of hydrogen-bond acceptors (Lipinski definition) is 2. The van der Waals surface area contributed by atoms with Gasteiger partial charge in [-0.15, -0.1) is 0 Å². The molecule has 0 radical (unpaired) electrons. The molecular weight excluding hydrogens is 232 g/mol. The van der Waals surface area contributed by atoms with Gasteiger partial charge in [0.15, 0.2) is 0 Å². The standard InChI is InChI=1S/C17H28N2/c1-4-19(12-14-10-11-14)17(13(2)3)16(18)15-8-6-5-7-9-15/h5-9,13-14,16-17H,4,10-12,18H2,1-3H3. The van der Waals surface area contributed by atoms with Gasteiger partial charge in [-0.05, 0) is 36.8 Å². The highest BCUT2D eigenvalue weighted by Gasteiger charge is 2.32. The average molecular weight is 260 g/mol. The lowest BCUT2D eigenvalue weighted by molar-refractivity contribution is 0.131. The minimum Gasteiger partial charge on any atom is -0.323 e. The van der Waals surface area contributed by atoms with Gasteiger partial charge in [0, 0.05) is 18.6 Å². The molecule has 2 heteroatoms. The van der Waals surface area contributed by atoms with Crippen molar-refractivity contribution >= 4 is 0 Å². The second-order valence-corrected chi connectivity index (χ2v) is 6.20. The fraction of sp³-hybridized carbons (Fsp3) is 0.647. The number of hydrogen-bond donors (Lipinski definition) is 1. The maximum Gasteiger partial charge on any atom is 0.0455 e. The van der Waals surface area contributed by atoms with Crippen LogP contribution < -0.4 is 5.73 Å². The van der Waals surface area contributed by atoms with E-state index in [1.165, 1.54) is 24.9 Å². The minimum absolute atomic E-state index is 0.111. The second-order valence-electron chi connectivity index (χ2n) is 6.20. The number of likely N-dealkylation sites (N-methyl/N-ethyl adjacent to an activating group) is 1. The predicted molar refractivity (Wildman–Crippen MR) is 82.0 cm³/mol. The van der Waals surface area contributed by atoms with E-state index in [0.29, 0.717) is 12.0 Å². The van der Waals surface area contributed by atoms with Crippen LogP contribution in [0.2, 0.25) is 0 Å². The van der Waals surface area contributed by atoms with Crippen LogP contribution in [0.3, 0.4) is 0 Å². The first-order valence-electron chi connectivity index (χ1n) is 7.68. The number of nitrogens with zero attached hydrogens (tertiary/aromatic N) is 1. The van der Waals surface area contributed by atoms with Crippen LogP contribution in [0.1, 0.15) is 45.2 Å². The summed E-state index contributed by atoms with van der Waals surface area (Å²) in [6, 6.07) is 11.1. The molecular formula is C17H28N2. The lowest BCUT2D eigenvalue weighted by Crippen LogP contribution is -2.47. The summed E-state index contributed by atoms with van der Waals surface area (Å²) in [7, 11) is 0. The SMILES string of the molecule is CCN(CC1CC1)C(C(C)C)C(N)c1ccccc1. The van der Waals surface area contributed by atoms with Gasteiger partial charge in [0.05, 0.1) is 0 Å². The van der Waals surface area contributed by atoms with Crippen molar-refractivity contribution in [3.05, 3.63) is 35.9 Å². The van der Waals surface area contributed by atoms with Gasteiger partial charge >= 0.3 is 0 Å². The largest absolute Gasteiger partial charge is 0.323 e. The van der Waals surface area contributed by atoms with Crippen molar-refractivity contribution < 1.29 is 0 Å². The molecule has 0 bridgehead atoms. The number of nitrogens with two attached hydrogens (primary N) is 1. The summed E-state index contributed by atoms with van der Waals surface area (Å²) in [6.45, 7) is 9.17. The van der Waals surface area contributed by atoms with E-state index >= 15 is 0 Å². The van der Waals surface area contributed by atoms with Crippen molar-refractivity contribution in [1.82, 2.24) is 4.90 Å². The van der Waals surface area contributed by atoms with E-state index in [9.17, 15) is 0 Å². The Hall–Kier alpha value is -0.860. The van der Waals surface area contributed by atoms with E-state index in [0.717, 1.165) is 12.5 Å². The number of rotatable bonds is 7. The van der Waals surface area contributed by atoms with Gasteiger partial charge in [-0.1, -0.05) is 51.1 Å². The second kappa shape index (κ2) is 6.53. The molecule has 106 valence electrons.